The van der Waals surface area contributed by atoms with Crippen molar-refractivity contribution < 1.29 is 0 Å². The molecule has 0 heterocycles. The lowest BCUT2D eigenvalue weighted by molar-refractivity contribution is 0.352. The monoisotopic (exact) mass is 273 g/mol. The quantitative estimate of drug-likeness (QED) is 0.802. The van der Waals surface area contributed by atoms with Crippen LogP contribution in [0, 0.1) is 46.5 Å². The first-order valence-electron chi connectivity index (χ1n) is 8.20. The van der Waals surface area contributed by atoms with E-state index in [1.807, 2.05) is 0 Å². The fourth-order valence-corrected chi connectivity index (χ4v) is 3.66. The molecule has 0 spiro atoms. The third-order valence-corrected chi connectivity index (χ3v) is 5.68. The fourth-order valence-electron chi connectivity index (χ4n) is 3.66. The number of rotatable bonds is 5. The van der Waals surface area contributed by atoms with E-state index in [0.29, 0.717) is 6.04 Å². The Bertz CT molecular complexity index is 468. The third kappa shape index (κ3) is 2.65. The fraction of sp³-hybridized carbons (Fsp3) is 0.684. The minimum absolute atomic E-state index is 0.519. The van der Waals surface area contributed by atoms with Crippen molar-refractivity contribution in [2.75, 3.05) is 6.54 Å². The van der Waals surface area contributed by atoms with E-state index >= 15 is 0 Å². The number of nitrogens with one attached hydrogen (secondary N) is 1. The van der Waals surface area contributed by atoms with Crippen LogP contribution in [-0.4, -0.2) is 6.54 Å². The summed E-state index contributed by atoms with van der Waals surface area (Å²) in [4.78, 5) is 0. The van der Waals surface area contributed by atoms with Gasteiger partial charge >= 0.3 is 0 Å². The average molecular weight is 273 g/mol. The Hall–Kier alpha value is -0.820. The second-order valence-corrected chi connectivity index (χ2v) is 6.77. The van der Waals surface area contributed by atoms with Gasteiger partial charge in [0.05, 0.1) is 0 Å². The molecule has 1 aromatic rings. The Morgan fingerprint density at radius 1 is 0.900 bits per heavy atom. The second kappa shape index (κ2) is 5.89. The molecule has 1 saturated carbocycles. The predicted octanol–water partition coefficient (Wildman–Crippen LogP) is 4.93. The molecule has 2 atom stereocenters. The molecule has 0 amide bonds. The molecule has 1 aromatic carbocycles. The average Bonchev–Trinajstić information content (AvgIpc) is 3.26. The Morgan fingerprint density at radius 2 is 1.35 bits per heavy atom. The minimum Gasteiger partial charge on any atom is -0.310 e. The van der Waals surface area contributed by atoms with E-state index in [0.717, 1.165) is 18.4 Å². The van der Waals surface area contributed by atoms with E-state index in [2.05, 4.69) is 53.8 Å². The topological polar surface area (TPSA) is 12.0 Å². The Kier molecular flexibility index (Phi) is 4.59. The second-order valence-electron chi connectivity index (χ2n) is 6.77. The summed E-state index contributed by atoms with van der Waals surface area (Å²) in [5, 5.41) is 3.78. The van der Waals surface area contributed by atoms with Gasteiger partial charge in [-0.3, -0.25) is 0 Å². The normalized spacial score (nSPS) is 18.1. The first-order valence-corrected chi connectivity index (χ1v) is 8.20. The number of hydrogen-bond donors (Lipinski definition) is 1. The number of hydrogen-bond acceptors (Lipinski definition) is 1. The summed E-state index contributed by atoms with van der Waals surface area (Å²) >= 11 is 0. The van der Waals surface area contributed by atoms with E-state index in [-0.39, 0.29) is 0 Å². The molecule has 1 nitrogen and oxygen atoms in total. The van der Waals surface area contributed by atoms with Crippen LogP contribution in [-0.2, 0) is 0 Å². The summed E-state index contributed by atoms with van der Waals surface area (Å²) in [6.07, 6.45) is 2.84. The highest BCUT2D eigenvalue weighted by molar-refractivity contribution is 5.51. The van der Waals surface area contributed by atoms with Gasteiger partial charge in [-0.2, -0.15) is 0 Å². The molecule has 0 radical (unpaired) electrons. The van der Waals surface area contributed by atoms with Crippen molar-refractivity contribution in [3.05, 3.63) is 33.4 Å². The zero-order valence-electron chi connectivity index (χ0n) is 14.4. The number of benzene rings is 1. The summed E-state index contributed by atoms with van der Waals surface area (Å²) in [5.74, 6) is 1.67. The zero-order chi connectivity index (χ0) is 15.0. The van der Waals surface area contributed by atoms with Gasteiger partial charge in [-0.1, -0.05) is 13.8 Å². The van der Waals surface area contributed by atoms with E-state index in [9.17, 15) is 0 Å². The minimum atomic E-state index is 0.519. The van der Waals surface area contributed by atoms with E-state index in [1.54, 1.807) is 5.56 Å². The van der Waals surface area contributed by atoms with E-state index < -0.39 is 0 Å². The van der Waals surface area contributed by atoms with Crippen LogP contribution in [0.5, 0.6) is 0 Å². The summed E-state index contributed by atoms with van der Waals surface area (Å²) in [5.41, 5.74) is 9.01. The molecule has 0 bridgehead atoms. The maximum atomic E-state index is 3.78. The Balaban J connectivity index is 2.52. The maximum absolute atomic E-state index is 3.78. The molecule has 2 unspecified atom stereocenters. The van der Waals surface area contributed by atoms with Crippen LogP contribution in [0.25, 0.3) is 0 Å². The van der Waals surface area contributed by atoms with Gasteiger partial charge < -0.3 is 5.32 Å². The SMILES string of the molecule is CCNC(c1c(C)c(C)c(C)c(C)c1C)C(C)C1CC1. The Morgan fingerprint density at radius 3 is 1.75 bits per heavy atom. The van der Waals surface area contributed by atoms with E-state index in [4.69, 9.17) is 0 Å². The molecule has 1 heteroatoms. The molecule has 1 aliphatic rings. The molecule has 0 aliphatic heterocycles. The summed E-state index contributed by atoms with van der Waals surface area (Å²) in [6.45, 7) is 17.2. The van der Waals surface area contributed by atoms with Crippen molar-refractivity contribution in [1.82, 2.24) is 5.32 Å². The molecule has 1 fully saturated rings. The van der Waals surface area contributed by atoms with Crippen molar-refractivity contribution in [2.24, 2.45) is 11.8 Å². The van der Waals surface area contributed by atoms with Crippen LogP contribution in [0.2, 0.25) is 0 Å². The highest BCUT2D eigenvalue weighted by Crippen LogP contribution is 2.44. The van der Waals surface area contributed by atoms with Crippen molar-refractivity contribution in [3.63, 3.8) is 0 Å². The van der Waals surface area contributed by atoms with Crippen LogP contribution in [0.4, 0.5) is 0 Å². The lowest BCUT2D eigenvalue weighted by Crippen LogP contribution is -2.30. The van der Waals surface area contributed by atoms with Gasteiger partial charge in [0.25, 0.3) is 0 Å². The van der Waals surface area contributed by atoms with E-state index in [1.165, 1.54) is 40.7 Å². The summed E-state index contributed by atoms with van der Waals surface area (Å²) < 4.78 is 0. The molecule has 1 N–H and O–H groups in total. The molecular weight excluding hydrogens is 242 g/mol. The third-order valence-electron chi connectivity index (χ3n) is 5.68. The molecule has 1 aliphatic carbocycles. The predicted molar refractivity (Wildman–Crippen MR) is 88.4 cm³/mol. The van der Waals surface area contributed by atoms with Crippen molar-refractivity contribution >= 4 is 0 Å². The van der Waals surface area contributed by atoms with Crippen LogP contribution < -0.4 is 5.32 Å². The summed E-state index contributed by atoms with van der Waals surface area (Å²) in [6, 6.07) is 0.519. The molecule has 0 saturated heterocycles. The van der Waals surface area contributed by atoms with Gasteiger partial charge in [-0.15, -0.1) is 0 Å². The molecule has 112 valence electrons. The van der Waals surface area contributed by atoms with Crippen LogP contribution >= 0.6 is 0 Å². The van der Waals surface area contributed by atoms with Gasteiger partial charge in [0.2, 0.25) is 0 Å². The molecule has 2 rings (SSSR count). The lowest BCUT2D eigenvalue weighted by Gasteiger charge is -2.31. The van der Waals surface area contributed by atoms with Gasteiger partial charge in [0, 0.05) is 6.04 Å². The van der Waals surface area contributed by atoms with Crippen LogP contribution in [0.1, 0.15) is 66.1 Å². The van der Waals surface area contributed by atoms with Crippen molar-refractivity contribution in [1.29, 1.82) is 0 Å². The highest BCUT2D eigenvalue weighted by atomic mass is 14.9. The van der Waals surface area contributed by atoms with Crippen LogP contribution in [0.15, 0.2) is 0 Å². The summed E-state index contributed by atoms with van der Waals surface area (Å²) in [7, 11) is 0. The molecular formula is C19H31N. The first kappa shape index (κ1) is 15.6. The van der Waals surface area contributed by atoms with Crippen molar-refractivity contribution in [3.8, 4) is 0 Å². The van der Waals surface area contributed by atoms with Gasteiger partial charge in [-0.25, -0.2) is 0 Å². The van der Waals surface area contributed by atoms with Crippen molar-refractivity contribution in [2.45, 2.75) is 67.3 Å². The van der Waals surface area contributed by atoms with Gasteiger partial charge in [-0.05, 0) is 99.2 Å². The standard InChI is InChI=1S/C19H31N/c1-8-20-19(16(7)17-9-10-17)18-14(5)12(3)11(2)13(4)15(18)6/h16-17,19-20H,8-10H2,1-7H3. The first-order chi connectivity index (χ1) is 9.40. The Labute approximate surface area is 125 Å². The smallest absolute Gasteiger partial charge is 0.0354 e. The lowest BCUT2D eigenvalue weighted by atomic mass is 9.81. The van der Waals surface area contributed by atoms with Gasteiger partial charge in [0.1, 0.15) is 0 Å². The highest BCUT2D eigenvalue weighted by Gasteiger charge is 2.35. The van der Waals surface area contributed by atoms with Gasteiger partial charge in [0.15, 0.2) is 0 Å². The van der Waals surface area contributed by atoms with Crippen LogP contribution in [0.3, 0.4) is 0 Å². The zero-order valence-corrected chi connectivity index (χ0v) is 14.4. The maximum Gasteiger partial charge on any atom is 0.0354 e. The molecule has 20 heavy (non-hydrogen) atoms. The molecule has 0 aromatic heterocycles. The largest absolute Gasteiger partial charge is 0.310 e.